The number of anilines is 1. The van der Waals surface area contributed by atoms with E-state index in [0.717, 1.165) is 17.6 Å². The van der Waals surface area contributed by atoms with Gasteiger partial charge in [0.15, 0.2) is 6.61 Å². The molecule has 0 saturated carbocycles. The molecule has 0 aliphatic carbocycles. The highest BCUT2D eigenvalue weighted by Gasteiger charge is 2.15. The second-order valence-corrected chi connectivity index (χ2v) is 7.74. The maximum Gasteiger partial charge on any atom is 0.258 e. The summed E-state index contributed by atoms with van der Waals surface area (Å²) in [5.74, 6) is 0.999. The fourth-order valence-electron chi connectivity index (χ4n) is 2.46. The summed E-state index contributed by atoms with van der Waals surface area (Å²) in [6.07, 6.45) is 1.16. The SMILES string of the molecule is CCN(c1ccc(OCC(=O)NCc2ccc(OC)cc2)cc1)S(C)(=O)=O. The molecular weight excluding hydrogens is 368 g/mol. The Hall–Kier alpha value is -2.74. The quantitative estimate of drug-likeness (QED) is 0.707. The highest BCUT2D eigenvalue weighted by Crippen LogP contribution is 2.21. The van der Waals surface area contributed by atoms with E-state index >= 15 is 0 Å². The Morgan fingerprint density at radius 3 is 2.15 bits per heavy atom. The number of rotatable bonds is 9. The summed E-state index contributed by atoms with van der Waals surface area (Å²) in [5.41, 5.74) is 1.50. The Kier molecular flexibility index (Phi) is 7.06. The van der Waals surface area contributed by atoms with Crippen LogP contribution in [0.4, 0.5) is 5.69 Å². The van der Waals surface area contributed by atoms with Gasteiger partial charge in [0, 0.05) is 13.1 Å². The first kappa shape index (κ1) is 20.6. The molecule has 8 heteroatoms. The fraction of sp³-hybridized carbons (Fsp3) is 0.316. The summed E-state index contributed by atoms with van der Waals surface area (Å²) >= 11 is 0. The molecule has 0 aliphatic rings. The first-order valence-electron chi connectivity index (χ1n) is 8.43. The summed E-state index contributed by atoms with van der Waals surface area (Å²) in [4.78, 5) is 11.9. The van der Waals surface area contributed by atoms with Crippen LogP contribution in [0.3, 0.4) is 0 Å². The minimum Gasteiger partial charge on any atom is -0.497 e. The van der Waals surface area contributed by atoms with Crippen molar-refractivity contribution in [3.05, 3.63) is 54.1 Å². The highest BCUT2D eigenvalue weighted by molar-refractivity contribution is 7.92. The van der Waals surface area contributed by atoms with Crippen LogP contribution >= 0.6 is 0 Å². The van der Waals surface area contributed by atoms with Gasteiger partial charge in [-0.25, -0.2) is 8.42 Å². The summed E-state index contributed by atoms with van der Waals surface area (Å²) < 4.78 is 35.3. The third-order valence-electron chi connectivity index (χ3n) is 3.83. The van der Waals surface area contributed by atoms with Gasteiger partial charge < -0.3 is 14.8 Å². The number of amides is 1. The van der Waals surface area contributed by atoms with Gasteiger partial charge in [0.05, 0.1) is 19.1 Å². The zero-order valence-corrected chi connectivity index (χ0v) is 16.5. The number of carbonyl (C=O) groups excluding carboxylic acids is 1. The van der Waals surface area contributed by atoms with Gasteiger partial charge >= 0.3 is 0 Å². The molecule has 0 fully saturated rings. The number of hydrogen-bond donors (Lipinski definition) is 1. The van der Waals surface area contributed by atoms with Crippen molar-refractivity contribution in [2.75, 3.05) is 30.8 Å². The van der Waals surface area contributed by atoms with Crippen LogP contribution in [0.2, 0.25) is 0 Å². The topological polar surface area (TPSA) is 84.9 Å². The van der Waals surface area contributed by atoms with Gasteiger partial charge in [0.2, 0.25) is 10.0 Å². The van der Waals surface area contributed by atoms with E-state index in [2.05, 4.69) is 5.32 Å². The van der Waals surface area contributed by atoms with Crippen molar-refractivity contribution < 1.29 is 22.7 Å². The van der Waals surface area contributed by atoms with Crippen molar-refractivity contribution in [1.82, 2.24) is 5.32 Å². The number of ether oxygens (including phenoxy) is 2. The Balaban J connectivity index is 1.84. The van der Waals surface area contributed by atoms with E-state index < -0.39 is 10.0 Å². The van der Waals surface area contributed by atoms with E-state index in [1.54, 1.807) is 38.3 Å². The molecule has 0 heterocycles. The van der Waals surface area contributed by atoms with Gasteiger partial charge in [-0.3, -0.25) is 9.10 Å². The average molecular weight is 392 g/mol. The number of sulfonamides is 1. The zero-order valence-electron chi connectivity index (χ0n) is 15.6. The number of carbonyl (C=O) groups is 1. The summed E-state index contributed by atoms with van der Waals surface area (Å²) in [6, 6.07) is 14.0. The molecule has 0 spiro atoms. The van der Waals surface area contributed by atoms with Crippen molar-refractivity contribution in [1.29, 1.82) is 0 Å². The van der Waals surface area contributed by atoms with Crippen LogP contribution in [0.15, 0.2) is 48.5 Å². The van der Waals surface area contributed by atoms with E-state index in [0.29, 0.717) is 24.5 Å². The summed E-state index contributed by atoms with van der Waals surface area (Å²) in [5, 5.41) is 2.77. The van der Waals surface area contributed by atoms with Crippen LogP contribution in [0.25, 0.3) is 0 Å². The van der Waals surface area contributed by atoms with Crippen molar-refractivity contribution in [2.45, 2.75) is 13.5 Å². The lowest BCUT2D eigenvalue weighted by molar-refractivity contribution is -0.123. The number of hydrogen-bond acceptors (Lipinski definition) is 5. The number of methoxy groups -OCH3 is 1. The van der Waals surface area contributed by atoms with Crippen LogP contribution in [-0.2, 0) is 21.4 Å². The lowest BCUT2D eigenvalue weighted by Gasteiger charge is -2.20. The van der Waals surface area contributed by atoms with E-state index in [1.165, 1.54) is 4.31 Å². The zero-order chi connectivity index (χ0) is 19.9. The van der Waals surface area contributed by atoms with E-state index in [1.807, 2.05) is 24.3 Å². The van der Waals surface area contributed by atoms with E-state index in [9.17, 15) is 13.2 Å². The van der Waals surface area contributed by atoms with Crippen LogP contribution < -0.4 is 19.1 Å². The van der Waals surface area contributed by atoms with Crippen LogP contribution in [-0.4, -0.2) is 40.8 Å². The molecule has 27 heavy (non-hydrogen) atoms. The highest BCUT2D eigenvalue weighted by atomic mass is 32.2. The Labute approximate surface area is 160 Å². The fourth-order valence-corrected chi connectivity index (χ4v) is 3.43. The lowest BCUT2D eigenvalue weighted by Crippen LogP contribution is -2.29. The predicted molar refractivity (Wildman–Crippen MR) is 105 cm³/mol. The van der Waals surface area contributed by atoms with Crippen LogP contribution in [0.1, 0.15) is 12.5 Å². The normalized spacial score (nSPS) is 10.9. The number of nitrogens with one attached hydrogen (secondary N) is 1. The molecule has 0 unspecified atom stereocenters. The summed E-state index contributed by atoms with van der Waals surface area (Å²) in [7, 11) is -1.73. The molecule has 0 aromatic heterocycles. The molecule has 0 bridgehead atoms. The smallest absolute Gasteiger partial charge is 0.258 e. The third kappa shape index (κ3) is 6.18. The average Bonchev–Trinajstić information content (AvgIpc) is 2.65. The monoisotopic (exact) mass is 392 g/mol. The lowest BCUT2D eigenvalue weighted by atomic mass is 10.2. The maximum atomic E-state index is 11.9. The molecule has 0 atom stereocenters. The van der Waals surface area contributed by atoms with E-state index in [4.69, 9.17) is 9.47 Å². The number of benzene rings is 2. The molecule has 2 aromatic carbocycles. The maximum absolute atomic E-state index is 11.9. The predicted octanol–water partition coefficient (Wildman–Crippen LogP) is 2.18. The van der Waals surface area contributed by atoms with Gasteiger partial charge in [0.1, 0.15) is 11.5 Å². The van der Waals surface area contributed by atoms with Crippen molar-refractivity contribution in [3.8, 4) is 11.5 Å². The molecular formula is C19H24N2O5S. The second-order valence-electron chi connectivity index (χ2n) is 5.84. The Morgan fingerprint density at radius 1 is 1.04 bits per heavy atom. The Morgan fingerprint density at radius 2 is 1.63 bits per heavy atom. The van der Waals surface area contributed by atoms with Crippen molar-refractivity contribution in [2.24, 2.45) is 0 Å². The minimum atomic E-state index is -3.32. The van der Waals surface area contributed by atoms with Crippen molar-refractivity contribution >= 4 is 21.6 Å². The van der Waals surface area contributed by atoms with Crippen LogP contribution in [0.5, 0.6) is 11.5 Å². The van der Waals surface area contributed by atoms with Gasteiger partial charge in [0.25, 0.3) is 5.91 Å². The van der Waals surface area contributed by atoms with Crippen molar-refractivity contribution in [3.63, 3.8) is 0 Å². The van der Waals surface area contributed by atoms with E-state index in [-0.39, 0.29) is 12.5 Å². The minimum absolute atomic E-state index is 0.126. The first-order chi connectivity index (χ1) is 12.8. The first-order valence-corrected chi connectivity index (χ1v) is 10.3. The second kappa shape index (κ2) is 9.27. The Bertz CT molecular complexity index is 849. The van der Waals surface area contributed by atoms with Gasteiger partial charge in [-0.05, 0) is 48.9 Å². The molecule has 0 saturated heterocycles. The van der Waals surface area contributed by atoms with Crippen LogP contribution in [0, 0.1) is 0 Å². The summed E-state index contributed by atoms with van der Waals surface area (Å²) in [6.45, 7) is 2.37. The van der Waals surface area contributed by atoms with Gasteiger partial charge in [-0.15, -0.1) is 0 Å². The largest absolute Gasteiger partial charge is 0.497 e. The molecule has 0 radical (unpaired) electrons. The molecule has 0 aliphatic heterocycles. The van der Waals surface area contributed by atoms with Gasteiger partial charge in [-0.2, -0.15) is 0 Å². The molecule has 2 aromatic rings. The molecule has 1 amide bonds. The molecule has 7 nitrogen and oxygen atoms in total. The molecule has 2 rings (SSSR count). The third-order valence-corrected chi connectivity index (χ3v) is 5.10. The molecule has 1 N–H and O–H groups in total. The molecule has 146 valence electrons. The number of nitrogens with zero attached hydrogens (tertiary/aromatic N) is 1. The standard InChI is InChI=1S/C19H24N2O5S/c1-4-21(27(3,23)24)16-7-11-18(12-8-16)26-14-19(22)20-13-15-5-9-17(25-2)10-6-15/h5-12H,4,13-14H2,1-3H3,(H,20,22). The van der Waals surface area contributed by atoms with Gasteiger partial charge in [-0.1, -0.05) is 12.1 Å².